The predicted molar refractivity (Wildman–Crippen MR) is 170 cm³/mol. The van der Waals surface area contributed by atoms with Gasteiger partial charge in [-0.2, -0.15) is 5.10 Å². The van der Waals surface area contributed by atoms with E-state index in [9.17, 15) is 4.79 Å². The first-order valence-electron chi connectivity index (χ1n) is 11.9. The van der Waals surface area contributed by atoms with Crippen LogP contribution in [0.1, 0.15) is 27.0 Å². The van der Waals surface area contributed by atoms with Crippen LogP contribution in [0.3, 0.4) is 0 Å². The van der Waals surface area contributed by atoms with Gasteiger partial charge in [0.2, 0.25) is 0 Å². The first-order valence-corrected chi connectivity index (χ1v) is 14.1. The molecule has 0 unspecified atom stereocenters. The minimum Gasteiger partial charge on any atom is -0.487 e. The van der Waals surface area contributed by atoms with E-state index in [1.165, 1.54) is 5.56 Å². The Labute approximate surface area is 248 Å². The number of carbonyl (C=O) groups is 1. The number of hydrogen-bond donors (Lipinski definition) is 1. The minimum atomic E-state index is -0.292. The molecule has 0 aliphatic carbocycles. The van der Waals surface area contributed by atoms with Gasteiger partial charge in [-0.1, -0.05) is 78.4 Å². The molecule has 0 aliphatic rings. The maximum absolute atomic E-state index is 13.2. The van der Waals surface area contributed by atoms with Crippen LogP contribution in [0.25, 0.3) is 22.2 Å². The number of nitrogens with one attached hydrogen (secondary N) is 1. The Bertz CT molecular complexity index is 1610. The fraction of sp³-hybridized carbons (Fsp3) is 0.0645. The number of hydrogen-bond acceptors (Lipinski definition) is 4. The SMILES string of the molecule is Cc1ccc(COc2c(I)cc(/C=N/NC(=O)c3cc(-c4ccccc4)nc4ccccc34)cc2I)cc1. The fourth-order valence-corrected chi connectivity index (χ4v) is 6.11. The highest BCUT2D eigenvalue weighted by Crippen LogP contribution is 2.29. The summed E-state index contributed by atoms with van der Waals surface area (Å²) >= 11 is 4.53. The molecule has 1 amide bonds. The molecule has 0 saturated heterocycles. The number of ether oxygens (including phenoxy) is 1. The van der Waals surface area contributed by atoms with Crippen LogP contribution in [0.2, 0.25) is 0 Å². The van der Waals surface area contributed by atoms with Crippen LogP contribution in [0.5, 0.6) is 5.75 Å². The third-order valence-corrected chi connectivity index (χ3v) is 7.54. The van der Waals surface area contributed by atoms with Gasteiger partial charge in [-0.3, -0.25) is 4.79 Å². The number of hydrazone groups is 1. The van der Waals surface area contributed by atoms with Gasteiger partial charge in [0.05, 0.1) is 30.1 Å². The van der Waals surface area contributed by atoms with Gasteiger partial charge in [0.15, 0.2) is 0 Å². The third kappa shape index (κ3) is 6.21. The van der Waals surface area contributed by atoms with Crippen molar-refractivity contribution in [3.8, 4) is 17.0 Å². The second-order valence-electron chi connectivity index (χ2n) is 8.73. The summed E-state index contributed by atoms with van der Waals surface area (Å²) in [4.78, 5) is 17.9. The van der Waals surface area contributed by atoms with E-state index in [0.717, 1.165) is 46.2 Å². The zero-order valence-corrected chi connectivity index (χ0v) is 24.8. The van der Waals surface area contributed by atoms with Crippen molar-refractivity contribution in [2.45, 2.75) is 13.5 Å². The molecule has 0 aliphatic heterocycles. The highest BCUT2D eigenvalue weighted by Gasteiger charge is 2.14. The molecule has 5 rings (SSSR count). The Balaban J connectivity index is 1.32. The van der Waals surface area contributed by atoms with Crippen molar-refractivity contribution in [1.82, 2.24) is 10.4 Å². The summed E-state index contributed by atoms with van der Waals surface area (Å²) in [6.45, 7) is 2.57. The van der Waals surface area contributed by atoms with E-state index >= 15 is 0 Å². The number of fused-ring (bicyclic) bond motifs is 1. The normalized spacial score (nSPS) is 11.1. The molecule has 1 N–H and O–H groups in total. The topological polar surface area (TPSA) is 63.6 Å². The Morgan fingerprint density at radius 3 is 2.34 bits per heavy atom. The number of rotatable bonds is 7. The van der Waals surface area contributed by atoms with E-state index in [0.29, 0.717) is 12.2 Å². The summed E-state index contributed by atoms with van der Waals surface area (Å²) in [5.74, 6) is 0.545. The zero-order chi connectivity index (χ0) is 26.5. The first-order chi connectivity index (χ1) is 18.5. The van der Waals surface area contributed by atoms with E-state index in [4.69, 9.17) is 9.72 Å². The van der Waals surface area contributed by atoms with Gasteiger partial charge < -0.3 is 4.74 Å². The van der Waals surface area contributed by atoms with Crippen LogP contribution in [-0.2, 0) is 6.61 Å². The lowest BCUT2D eigenvalue weighted by Gasteiger charge is -2.12. The minimum absolute atomic E-state index is 0.292. The molecule has 0 atom stereocenters. The van der Waals surface area contributed by atoms with E-state index in [1.807, 2.05) is 72.8 Å². The molecule has 1 heterocycles. The van der Waals surface area contributed by atoms with Gasteiger partial charge in [-0.25, -0.2) is 10.4 Å². The zero-order valence-electron chi connectivity index (χ0n) is 20.5. The number of pyridine rings is 1. The number of amides is 1. The van der Waals surface area contributed by atoms with Crippen LogP contribution in [0.4, 0.5) is 0 Å². The number of halogens is 2. The maximum atomic E-state index is 13.2. The van der Waals surface area contributed by atoms with E-state index in [2.05, 4.69) is 86.9 Å². The van der Waals surface area contributed by atoms with Crippen molar-refractivity contribution in [1.29, 1.82) is 0 Å². The monoisotopic (exact) mass is 723 g/mol. The molecule has 0 saturated carbocycles. The molecule has 0 spiro atoms. The molecule has 38 heavy (non-hydrogen) atoms. The largest absolute Gasteiger partial charge is 0.487 e. The molecule has 0 fully saturated rings. The van der Waals surface area contributed by atoms with E-state index in [1.54, 1.807) is 6.21 Å². The molecule has 0 radical (unpaired) electrons. The highest BCUT2D eigenvalue weighted by atomic mass is 127. The average Bonchev–Trinajstić information content (AvgIpc) is 2.93. The molecule has 5 aromatic rings. The molecule has 0 bridgehead atoms. The van der Waals surface area contributed by atoms with Crippen LogP contribution in [0.15, 0.2) is 102 Å². The summed E-state index contributed by atoms with van der Waals surface area (Å²) in [6.07, 6.45) is 1.65. The van der Waals surface area contributed by atoms with Crippen LogP contribution >= 0.6 is 45.2 Å². The van der Waals surface area contributed by atoms with Crippen molar-refractivity contribution >= 4 is 68.2 Å². The van der Waals surface area contributed by atoms with Crippen molar-refractivity contribution in [2.24, 2.45) is 5.10 Å². The lowest BCUT2D eigenvalue weighted by atomic mass is 10.0. The second kappa shape index (κ2) is 12.0. The van der Waals surface area contributed by atoms with Gasteiger partial charge in [-0.05, 0) is 87.5 Å². The first kappa shape index (κ1) is 26.3. The van der Waals surface area contributed by atoms with Gasteiger partial charge in [0, 0.05) is 10.9 Å². The van der Waals surface area contributed by atoms with Crippen LogP contribution < -0.4 is 10.2 Å². The van der Waals surface area contributed by atoms with Crippen molar-refractivity contribution in [3.63, 3.8) is 0 Å². The molecule has 188 valence electrons. The van der Waals surface area contributed by atoms with Crippen LogP contribution in [-0.4, -0.2) is 17.1 Å². The molecule has 1 aromatic heterocycles. The molecular formula is C31H23I2N3O2. The number of carbonyl (C=O) groups excluding carboxylic acids is 1. The quantitative estimate of drug-likeness (QED) is 0.106. The van der Waals surface area contributed by atoms with Crippen molar-refractivity contribution < 1.29 is 9.53 Å². The highest BCUT2D eigenvalue weighted by molar-refractivity contribution is 14.1. The van der Waals surface area contributed by atoms with E-state index < -0.39 is 0 Å². The number of aryl methyl sites for hydroxylation is 1. The van der Waals surface area contributed by atoms with Crippen molar-refractivity contribution in [3.05, 3.63) is 126 Å². The number of aromatic nitrogens is 1. The molecule has 7 heteroatoms. The standard InChI is InChI=1S/C31H23I2N3O2/c1-20-11-13-21(14-12-20)19-38-30-26(32)15-22(16-27(30)33)18-34-36-31(37)25-17-29(23-7-3-2-4-8-23)35-28-10-6-5-9-24(25)28/h2-18H,19H2,1H3,(H,36,37)/b34-18+. The molecule has 4 aromatic carbocycles. The summed E-state index contributed by atoms with van der Waals surface area (Å²) in [7, 11) is 0. The lowest BCUT2D eigenvalue weighted by molar-refractivity contribution is 0.0956. The Morgan fingerprint density at radius 2 is 1.61 bits per heavy atom. The predicted octanol–water partition coefficient (Wildman–Crippen LogP) is 7.76. The van der Waals surface area contributed by atoms with Crippen molar-refractivity contribution in [2.75, 3.05) is 0 Å². The van der Waals surface area contributed by atoms with Gasteiger partial charge in [0.1, 0.15) is 12.4 Å². The third-order valence-electron chi connectivity index (χ3n) is 5.93. The van der Waals surface area contributed by atoms with Gasteiger partial charge in [-0.15, -0.1) is 0 Å². The van der Waals surface area contributed by atoms with E-state index in [-0.39, 0.29) is 5.91 Å². The molecule has 5 nitrogen and oxygen atoms in total. The van der Waals surface area contributed by atoms with Gasteiger partial charge >= 0.3 is 0 Å². The summed E-state index contributed by atoms with van der Waals surface area (Å²) in [5, 5.41) is 5.03. The second-order valence-corrected chi connectivity index (χ2v) is 11.0. The fourth-order valence-electron chi connectivity index (χ4n) is 3.98. The average molecular weight is 723 g/mol. The number of para-hydroxylation sites is 1. The number of benzene rings is 4. The summed E-state index contributed by atoms with van der Waals surface area (Å²) in [6, 6.07) is 31.6. The maximum Gasteiger partial charge on any atom is 0.272 e. The Hall–Kier alpha value is -3.31. The number of nitrogens with zero attached hydrogens (tertiary/aromatic N) is 2. The summed E-state index contributed by atoms with van der Waals surface area (Å²) in [5.41, 5.74) is 8.87. The lowest BCUT2D eigenvalue weighted by Crippen LogP contribution is -2.18. The molecular weight excluding hydrogens is 700 g/mol. The summed E-state index contributed by atoms with van der Waals surface area (Å²) < 4.78 is 8.05. The van der Waals surface area contributed by atoms with Crippen LogP contribution in [0, 0.1) is 14.1 Å². The Kier molecular flexibility index (Phi) is 8.33. The smallest absolute Gasteiger partial charge is 0.272 e. The van der Waals surface area contributed by atoms with Gasteiger partial charge in [0.25, 0.3) is 5.91 Å². The Morgan fingerprint density at radius 1 is 0.921 bits per heavy atom.